The van der Waals surface area contributed by atoms with Gasteiger partial charge in [-0.15, -0.1) is 0 Å². The molecule has 0 radical (unpaired) electrons. The van der Waals surface area contributed by atoms with Gasteiger partial charge in [0.1, 0.15) is 4.90 Å². The molecule has 1 aromatic heterocycles. The Morgan fingerprint density at radius 3 is 2.58 bits per heavy atom. The molecule has 0 atom stereocenters. The van der Waals surface area contributed by atoms with Crippen LogP contribution in [0.25, 0.3) is 0 Å². The Labute approximate surface area is 114 Å². The quantitative estimate of drug-likeness (QED) is 0.449. The van der Waals surface area contributed by atoms with Crippen LogP contribution in [0.3, 0.4) is 0 Å². The summed E-state index contributed by atoms with van der Waals surface area (Å²) in [6.45, 7) is 4.57. The summed E-state index contributed by atoms with van der Waals surface area (Å²) in [6, 6.07) is 0. The molecule has 0 spiro atoms. The Morgan fingerprint density at radius 2 is 2.11 bits per heavy atom. The molecule has 3 N–H and O–H groups in total. The highest BCUT2D eigenvalue weighted by Crippen LogP contribution is 2.22. The third-order valence-electron chi connectivity index (χ3n) is 3.21. The number of sulfone groups is 1. The lowest BCUT2D eigenvalue weighted by Gasteiger charge is -2.22. The maximum atomic E-state index is 11.3. The molecule has 0 amide bonds. The van der Waals surface area contributed by atoms with Gasteiger partial charge in [-0.1, -0.05) is 20.3 Å². The van der Waals surface area contributed by atoms with Crippen LogP contribution in [0.15, 0.2) is 17.3 Å². The standard InChI is InChI=1S/C12H22N4O2S/c1-12(2,11(13)14)6-4-5-7-16-9-10(8-15-16)19(3,17)18/h8-9H,4-7H2,1-3H3,(H3,13,14). The van der Waals surface area contributed by atoms with Gasteiger partial charge in [0.15, 0.2) is 9.84 Å². The van der Waals surface area contributed by atoms with E-state index in [2.05, 4.69) is 5.10 Å². The van der Waals surface area contributed by atoms with Gasteiger partial charge in [-0.3, -0.25) is 10.1 Å². The van der Waals surface area contributed by atoms with Gasteiger partial charge in [-0.05, 0) is 12.8 Å². The lowest BCUT2D eigenvalue weighted by Crippen LogP contribution is -2.30. The van der Waals surface area contributed by atoms with E-state index in [1.807, 2.05) is 13.8 Å². The fourth-order valence-corrected chi connectivity index (χ4v) is 2.19. The van der Waals surface area contributed by atoms with E-state index in [1.54, 1.807) is 10.9 Å². The summed E-state index contributed by atoms with van der Waals surface area (Å²) in [6.07, 6.45) is 6.72. The van der Waals surface area contributed by atoms with Crippen molar-refractivity contribution in [3.05, 3.63) is 12.4 Å². The number of nitrogens with zero attached hydrogens (tertiary/aromatic N) is 2. The Hall–Kier alpha value is -1.37. The van der Waals surface area contributed by atoms with Crippen LogP contribution in [0.2, 0.25) is 0 Å². The van der Waals surface area contributed by atoms with Crippen molar-refractivity contribution in [2.24, 2.45) is 11.1 Å². The van der Waals surface area contributed by atoms with E-state index in [4.69, 9.17) is 11.1 Å². The Bertz CT molecular complexity index is 546. The van der Waals surface area contributed by atoms with E-state index in [-0.39, 0.29) is 16.1 Å². The van der Waals surface area contributed by atoms with E-state index < -0.39 is 9.84 Å². The number of rotatable bonds is 7. The van der Waals surface area contributed by atoms with Gasteiger partial charge in [0, 0.05) is 24.4 Å². The molecule has 7 heteroatoms. The maximum Gasteiger partial charge on any atom is 0.178 e. The molecule has 1 heterocycles. The zero-order chi connectivity index (χ0) is 14.7. The fourth-order valence-electron chi connectivity index (χ4n) is 1.63. The molecule has 1 aromatic rings. The van der Waals surface area contributed by atoms with Gasteiger partial charge in [0.05, 0.1) is 12.0 Å². The van der Waals surface area contributed by atoms with E-state index in [1.165, 1.54) is 12.5 Å². The van der Waals surface area contributed by atoms with Crippen LogP contribution in [-0.4, -0.2) is 30.3 Å². The molecule has 0 fully saturated rings. The minimum Gasteiger partial charge on any atom is -0.387 e. The van der Waals surface area contributed by atoms with Crippen molar-refractivity contribution in [3.63, 3.8) is 0 Å². The number of nitrogens with two attached hydrogens (primary N) is 1. The van der Waals surface area contributed by atoms with Crippen LogP contribution >= 0.6 is 0 Å². The summed E-state index contributed by atoms with van der Waals surface area (Å²) in [4.78, 5) is 0.247. The zero-order valence-electron chi connectivity index (χ0n) is 11.7. The number of hydrogen-bond donors (Lipinski definition) is 2. The number of amidine groups is 1. The first kappa shape index (κ1) is 15.7. The van der Waals surface area contributed by atoms with E-state index in [9.17, 15) is 8.42 Å². The van der Waals surface area contributed by atoms with Crippen molar-refractivity contribution in [1.29, 1.82) is 5.41 Å². The van der Waals surface area contributed by atoms with Crippen molar-refractivity contribution < 1.29 is 8.42 Å². The SMILES string of the molecule is CC(C)(CCCCn1cc(S(C)(=O)=O)cn1)C(=N)N. The predicted molar refractivity (Wildman–Crippen MR) is 74.9 cm³/mol. The molecule has 0 aromatic carbocycles. The average molecular weight is 286 g/mol. The van der Waals surface area contributed by atoms with Gasteiger partial charge in [0.2, 0.25) is 0 Å². The maximum absolute atomic E-state index is 11.3. The van der Waals surface area contributed by atoms with Crippen LogP contribution in [0.4, 0.5) is 0 Å². The first-order valence-corrected chi connectivity index (χ1v) is 8.09. The molecule has 6 nitrogen and oxygen atoms in total. The van der Waals surface area contributed by atoms with E-state index >= 15 is 0 Å². The van der Waals surface area contributed by atoms with Crippen LogP contribution in [0.5, 0.6) is 0 Å². The molecule has 0 aliphatic rings. The van der Waals surface area contributed by atoms with Gasteiger partial charge >= 0.3 is 0 Å². The van der Waals surface area contributed by atoms with Crippen molar-refractivity contribution in [2.75, 3.05) is 6.26 Å². The van der Waals surface area contributed by atoms with Crippen LogP contribution in [-0.2, 0) is 16.4 Å². The molecule has 19 heavy (non-hydrogen) atoms. The summed E-state index contributed by atoms with van der Waals surface area (Å²) in [7, 11) is -3.18. The Kier molecular flexibility index (Phi) is 4.73. The minimum absolute atomic E-state index is 0.200. The first-order valence-electron chi connectivity index (χ1n) is 6.20. The highest BCUT2D eigenvalue weighted by Gasteiger charge is 2.20. The average Bonchev–Trinajstić information content (AvgIpc) is 2.72. The molecule has 0 aliphatic carbocycles. The Morgan fingerprint density at radius 1 is 1.47 bits per heavy atom. The second-order valence-electron chi connectivity index (χ2n) is 5.47. The second-order valence-corrected chi connectivity index (χ2v) is 7.48. The molecule has 0 saturated heterocycles. The fraction of sp³-hybridized carbons (Fsp3) is 0.667. The van der Waals surface area contributed by atoms with Crippen LogP contribution in [0, 0.1) is 10.8 Å². The molecule has 1 rings (SSSR count). The lowest BCUT2D eigenvalue weighted by atomic mass is 9.86. The number of aromatic nitrogens is 2. The normalized spacial score (nSPS) is 12.6. The molecule has 108 valence electrons. The third kappa shape index (κ3) is 4.66. The zero-order valence-corrected chi connectivity index (χ0v) is 12.5. The summed E-state index contributed by atoms with van der Waals surface area (Å²) in [5.74, 6) is 0.200. The van der Waals surface area contributed by atoms with Crippen molar-refractivity contribution >= 4 is 15.7 Å². The predicted octanol–water partition coefficient (Wildman–Crippen LogP) is 1.42. The number of aryl methyl sites for hydroxylation is 1. The molecular formula is C12H22N4O2S. The van der Waals surface area contributed by atoms with Crippen molar-refractivity contribution in [1.82, 2.24) is 9.78 Å². The van der Waals surface area contributed by atoms with Gasteiger partial charge in [0.25, 0.3) is 0 Å². The van der Waals surface area contributed by atoms with Gasteiger partial charge < -0.3 is 5.73 Å². The van der Waals surface area contributed by atoms with Crippen LogP contribution in [0.1, 0.15) is 33.1 Å². The largest absolute Gasteiger partial charge is 0.387 e. The van der Waals surface area contributed by atoms with Crippen molar-refractivity contribution in [2.45, 2.75) is 44.6 Å². The number of nitrogens with one attached hydrogen (secondary N) is 1. The highest BCUT2D eigenvalue weighted by molar-refractivity contribution is 7.90. The monoisotopic (exact) mass is 286 g/mol. The van der Waals surface area contributed by atoms with E-state index in [0.29, 0.717) is 6.54 Å². The molecule has 0 bridgehead atoms. The molecular weight excluding hydrogens is 264 g/mol. The molecule has 0 saturated carbocycles. The summed E-state index contributed by atoms with van der Waals surface area (Å²) < 4.78 is 24.2. The third-order valence-corrected chi connectivity index (χ3v) is 4.27. The van der Waals surface area contributed by atoms with Gasteiger partial charge in [-0.2, -0.15) is 5.10 Å². The Balaban J connectivity index is 2.43. The topological polar surface area (TPSA) is 102 Å². The summed E-state index contributed by atoms with van der Waals surface area (Å²) in [5, 5.41) is 11.5. The number of hydrogen-bond acceptors (Lipinski definition) is 4. The minimum atomic E-state index is -3.18. The second kappa shape index (κ2) is 5.73. The smallest absolute Gasteiger partial charge is 0.178 e. The summed E-state index contributed by atoms with van der Waals surface area (Å²) >= 11 is 0. The van der Waals surface area contributed by atoms with E-state index in [0.717, 1.165) is 19.3 Å². The first-order chi connectivity index (χ1) is 8.63. The highest BCUT2D eigenvalue weighted by atomic mass is 32.2. The summed E-state index contributed by atoms with van der Waals surface area (Å²) in [5.41, 5.74) is 5.24. The van der Waals surface area contributed by atoms with Gasteiger partial charge in [-0.25, -0.2) is 8.42 Å². The molecule has 0 aliphatic heterocycles. The van der Waals surface area contributed by atoms with Crippen LogP contribution < -0.4 is 5.73 Å². The number of unbranched alkanes of at least 4 members (excludes halogenated alkanes) is 1. The molecule has 0 unspecified atom stereocenters. The lowest BCUT2D eigenvalue weighted by molar-refractivity contribution is 0.424. The van der Waals surface area contributed by atoms with Crippen molar-refractivity contribution in [3.8, 4) is 0 Å².